The van der Waals surface area contributed by atoms with Crippen molar-refractivity contribution in [1.82, 2.24) is 4.31 Å². The van der Waals surface area contributed by atoms with E-state index in [0.717, 1.165) is 36.6 Å². The number of hydrogen-bond donors (Lipinski definition) is 0. The monoisotopic (exact) mass is 492 g/mol. The van der Waals surface area contributed by atoms with E-state index in [-0.39, 0.29) is 6.04 Å². The number of rotatable bonds is 6. The molecule has 2 aromatic carbocycles. The summed E-state index contributed by atoms with van der Waals surface area (Å²) in [5.41, 5.74) is 3.58. The molecule has 2 heterocycles. The summed E-state index contributed by atoms with van der Waals surface area (Å²) in [6.07, 6.45) is 4.86. The van der Waals surface area contributed by atoms with E-state index < -0.39 is 10.0 Å². The maximum atomic E-state index is 13.1. The number of hydrogen-bond acceptors (Lipinski definition) is 4. The minimum absolute atomic E-state index is 0.285. The van der Waals surface area contributed by atoms with Crippen LogP contribution in [0.25, 0.3) is 0 Å². The third-order valence-corrected chi connectivity index (χ3v) is 8.49. The second-order valence-corrected chi connectivity index (χ2v) is 11.0. The van der Waals surface area contributed by atoms with Crippen LogP contribution in [0, 0.1) is 0 Å². The van der Waals surface area contributed by atoms with E-state index in [0.29, 0.717) is 31.3 Å². The maximum absolute atomic E-state index is 13.1. The number of sulfonamides is 1. The second kappa shape index (κ2) is 9.39. The number of aryl methyl sites for hydroxylation is 1. The number of fused-ring (bicyclic) bond motifs is 1. The van der Waals surface area contributed by atoms with Crippen molar-refractivity contribution in [2.24, 2.45) is 0 Å². The number of ether oxygens (including phenoxy) is 1. The molecule has 2 aliphatic heterocycles. The lowest BCUT2D eigenvalue weighted by Gasteiger charge is -2.41. The molecule has 5 nitrogen and oxygen atoms in total. The van der Waals surface area contributed by atoms with E-state index in [1.54, 1.807) is 16.4 Å². The lowest BCUT2D eigenvalue weighted by Crippen LogP contribution is -2.48. The van der Waals surface area contributed by atoms with E-state index in [9.17, 15) is 8.42 Å². The zero-order valence-corrected chi connectivity index (χ0v) is 19.8. The first-order chi connectivity index (χ1) is 14.5. The van der Waals surface area contributed by atoms with Gasteiger partial charge in [0.1, 0.15) is 6.73 Å². The highest BCUT2D eigenvalue weighted by Gasteiger charge is 2.33. The Balaban J connectivity index is 1.42. The zero-order chi connectivity index (χ0) is 21.1. The van der Waals surface area contributed by atoms with Crippen LogP contribution in [-0.2, 0) is 27.8 Å². The van der Waals surface area contributed by atoms with Gasteiger partial charge in [-0.2, -0.15) is 4.31 Å². The number of nitrogens with zero attached hydrogens (tertiary/aromatic N) is 2. The molecule has 1 fully saturated rings. The smallest absolute Gasteiger partial charge is 0.243 e. The predicted octanol–water partition coefficient (Wildman–Crippen LogP) is 4.94. The zero-order valence-electron chi connectivity index (χ0n) is 17.4. The summed E-state index contributed by atoms with van der Waals surface area (Å²) < 4.78 is 34.7. The second-order valence-electron chi connectivity index (χ2n) is 8.10. The molecule has 2 aliphatic rings. The van der Waals surface area contributed by atoms with E-state index in [2.05, 4.69) is 46.0 Å². The van der Waals surface area contributed by atoms with Crippen LogP contribution in [-0.4, -0.2) is 38.6 Å². The molecule has 0 aliphatic carbocycles. The summed E-state index contributed by atoms with van der Waals surface area (Å²) in [7, 11) is -3.44. The molecular formula is C23H29BrN2O3S. The summed E-state index contributed by atoms with van der Waals surface area (Å²) in [4.78, 5) is 2.69. The Kier molecular flexibility index (Phi) is 6.82. The molecule has 0 N–H and O–H groups in total. The Morgan fingerprint density at radius 1 is 1.10 bits per heavy atom. The van der Waals surface area contributed by atoms with Crippen LogP contribution >= 0.6 is 15.9 Å². The Morgan fingerprint density at radius 3 is 2.53 bits per heavy atom. The number of benzene rings is 2. The van der Waals surface area contributed by atoms with Gasteiger partial charge in [0.25, 0.3) is 0 Å². The molecule has 4 rings (SSSR count). The van der Waals surface area contributed by atoms with Crippen LogP contribution in [0.15, 0.2) is 51.8 Å². The molecule has 0 radical (unpaired) electrons. The molecule has 1 saturated heterocycles. The average Bonchev–Trinajstić information content (AvgIpc) is 2.77. The molecule has 2 aromatic rings. The van der Waals surface area contributed by atoms with Crippen molar-refractivity contribution in [1.29, 1.82) is 0 Å². The van der Waals surface area contributed by atoms with Gasteiger partial charge in [0, 0.05) is 34.9 Å². The highest BCUT2D eigenvalue weighted by molar-refractivity contribution is 9.10. The van der Waals surface area contributed by atoms with E-state index in [4.69, 9.17) is 4.74 Å². The molecule has 0 spiro atoms. The summed E-state index contributed by atoms with van der Waals surface area (Å²) in [5, 5.41) is 0. The Hall–Kier alpha value is -1.41. The lowest BCUT2D eigenvalue weighted by molar-refractivity contribution is 0.0987. The van der Waals surface area contributed by atoms with Gasteiger partial charge in [-0.05, 0) is 61.6 Å². The Morgan fingerprint density at radius 2 is 1.83 bits per heavy atom. The first kappa shape index (κ1) is 21.8. The highest BCUT2D eigenvalue weighted by atomic mass is 79.9. The van der Waals surface area contributed by atoms with E-state index >= 15 is 0 Å². The van der Waals surface area contributed by atoms with Crippen molar-refractivity contribution in [3.63, 3.8) is 0 Å². The quantitative estimate of drug-likeness (QED) is 0.572. The topological polar surface area (TPSA) is 49.9 Å². The Bertz CT molecular complexity index is 970. The van der Waals surface area contributed by atoms with Crippen molar-refractivity contribution in [2.75, 3.05) is 24.7 Å². The number of piperidine rings is 1. The van der Waals surface area contributed by atoms with E-state index in [1.807, 2.05) is 12.1 Å². The largest absolute Gasteiger partial charge is 0.356 e. The van der Waals surface area contributed by atoms with E-state index in [1.165, 1.54) is 16.8 Å². The van der Waals surface area contributed by atoms with Crippen molar-refractivity contribution in [3.05, 3.63) is 58.1 Å². The summed E-state index contributed by atoms with van der Waals surface area (Å²) >= 11 is 3.53. The molecule has 7 heteroatoms. The molecular weight excluding hydrogens is 464 g/mol. The lowest BCUT2D eigenvalue weighted by atomic mass is 10.0. The van der Waals surface area contributed by atoms with Crippen LogP contribution < -0.4 is 4.90 Å². The first-order valence-corrected chi connectivity index (χ1v) is 12.9. The first-order valence-electron chi connectivity index (χ1n) is 10.7. The summed E-state index contributed by atoms with van der Waals surface area (Å²) in [6.45, 7) is 4.41. The van der Waals surface area contributed by atoms with Crippen molar-refractivity contribution in [2.45, 2.75) is 56.6 Å². The van der Waals surface area contributed by atoms with Gasteiger partial charge in [0.2, 0.25) is 10.0 Å². The van der Waals surface area contributed by atoms with Gasteiger partial charge >= 0.3 is 0 Å². The van der Waals surface area contributed by atoms with Gasteiger partial charge in [-0.3, -0.25) is 0 Å². The van der Waals surface area contributed by atoms with Crippen LogP contribution in [0.3, 0.4) is 0 Å². The molecule has 0 amide bonds. The fourth-order valence-electron chi connectivity index (χ4n) is 4.33. The van der Waals surface area contributed by atoms with Gasteiger partial charge < -0.3 is 9.64 Å². The van der Waals surface area contributed by atoms with Crippen LogP contribution in [0.5, 0.6) is 0 Å². The molecule has 162 valence electrons. The SMILES string of the molecule is CCCCc1ccc(S(=O)(=O)N2CCC(N3COCc4cc(Br)ccc43)CC2)cc1. The number of halogens is 1. The fraction of sp³-hybridized carbons (Fsp3) is 0.478. The van der Waals surface area contributed by atoms with Gasteiger partial charge in [0.05, 0.1) is 11.5 Å². The third-order valence-electron chi connectivity index (χ3n) is 6.08. The summed E-state index contributed by atoms with van der Waals surface area (Å²) in [5.74, 6) is 0. The molecule has 30 heavy (non-hydrogen) atoms. The molecule has 0 saturated carbocycles. The molecule has 0 unspecified atom stereocenters. The number of unbranched alkanes of at least 4 members (excludes halogenated alkanes) is 1. The Labute approximate surface area is 188 Å². The van der Waals surface area contributed by atoms with Gasteiger partial charge in [-0.25, -0.2) is 8.42 Å². The highest BCUT2D eigenvalue weighted by Crippen LogP contribution is 2.33. The maximum Gasteiger partial charge on any atom is 0.243 e. The van der Waals surface area contributed by atoms with Crippen LogP contribution in [0.1, 0.15) is 43.7 Å². The predicted molar refractivity (Wildman–Crippen MR) is 123 cm³/mol. The average molecular weight is 493 g/mol. The molecule has 0 aromatic heterocycles. The normalized spacial score (nSPS) is 18.4. The van der Waals surface area contributed by atoms with Crippen molar-refractivity contribution >= 4 is 31.6 Å². The van der Waals surface area contributed by atoms with Crippen LogP contribution in [0.2, 0.25) is 0 Å². The van der Waals surface area contributed by atoms with Gasteiger partial charge in [-0.15, -0.1) is 0 Å². The molecule has 0 atom stereocenters. The number of anilines is 1. The third kappa shape index (κ3) is 4.59. The minimum atomic E-state index is -3.44. The fourth-order valence-corrected chi connectivity index (χ4v) is 6.21. The van der Waals surface area contributed by atoms with Crippen LogP contribution in [0.4, 0.5) is 5.69 Å². The van der Waals surface area contributed by atoms with Gasteiger partial charge in [0.15, 0.2) is 0 Å². The standard InChI is InChI=1S/C23H29BrN2O3S/c1-2-3-4-18-5-8-22(9-6-18)30(27,28)25-13-11-21(12-14-25)26-17-29-16-19-15-20(24)7-10-23(19)26/h5-10,15,21H,2-4,11-14,16-17H2,1H3. The minimum Gasteiger partial charge on any atom is -0.356 e. The summed E-state index contributed by atoms with van der Waals surface area (Å²) in [6, 6.07) is 14.0. The van der Waals surface area contributed by atoms with Crippen molar-refractivity contribution < 1.29 is 13.2 Å². The van der Waals surface area contributed by atoms with Crippen molar-refractivity contribution in [3.8, 4) is 0 Å². The van der Waals surface area contributed by atoms with Gasteiger partial charge in [-0.1, -0.05) is 41.4 Å². The molecule has 0 bridgehead atoms.